The maximum Gasteiger partial charge on any atom is 0.256 e. The van der Waals surface area contributed by atoms with Gasteiger partial charge in [0.05, 0.1) is 0 Å². The second-order valence-electron chi connectivity index (χ2n) is 2.68. The monoisotopic (exact) mass is 199 g/mol. The number of fused-ring (bicyclic) bond motifs is 1. The van der Waals surface area contributed by atoms with Crippen LogP contribution in [0.2, 0.25) is 0 Å². The molecular formula is C8H6FNO4. The van der Waals surface area contributed by atoms with E-state index < -0.39 is 23.0 Å². The lowest BCUT2D eigenvalue weighted by atomic mass is 10.1. The van der Waals surface area contributed by atoms with Gasteiger partial charge in [-0.1, -0.05) is 0 Å². The summed E-state index contributed by atoms with van der Waals surface area (Å²) in [5, 5.41) is 9.22. The van der Waals surface area contributed by atoms with Gasteiger partial charge in [0.25, 0.3) is 5.91 Å². The molecule has 0 saturated heterocycles. The molecule has 0 aromatic heterocycles. The maximum atomic E-state index is 13.0. The lowest BCUT2D eigenvalue weighted by Gasteiger charge is -2.05. The first kappa shape index (κ1) is 8.61. The number of aromatic hydroxyl groups is 1. The first-order chi connectivity index (χ1) is 6.61. The highest BCUT2D eigenvalue weighted by Gasteiger charge is 2.27. The summed E-state index contributed by atoms with van der Waals surface area (Å²) < 4.78 is 22.7. The highest BCUT2D eigenvalue weighted by Crippen LogP contribution is 2.41. The second kappa shape index (κ2) is 2.76. The zero-order valence-electron chi connectivity index (χ0n) is 6.91. The Balaban J connectivity index is 2.72. The van der Waals surface area contributed by atoms with Crippen LogP contribution in [0.3, 0.4) is 0 Å². The van der Waals surface area contributed by atoms with Gasteiger partial charge >= 0.3 is 0 Å². The van der Waals surface area contributed by atoms with Crippen molar-refractivity contribution in [2.45, 2.75) is 0 Å². The highest BCUT2D eigenvalue weighted by atomic mass is 19.1. The Bertz CT molecular complexity index is 418. The third-order valence-electron chi connectivity index (χ3n) is 1.84. The minimum absolute atomic E-state index is 0.0172. The molecule has 14 heavy (non-hydrogen) atoms. The van der Waals surface area contributed by atoms with Gasteiger partial charge in [0.15, 0.2) is 23.1 Å². The van der Waals surface area contributed by atoms with Gasteiger partial charge in [0.1, 0.15) is 5.56 Å². The highest BCUT2D eigenvalue weighted by molar-refractivity contribution is 5.99. The molecule has 0 saturated carbocycles. The van der Waals surface area contributed by atoms with Crippen LogP contribution in [-0.4, -0.2) is 17.8 Å². The van der Waals surface area contributed by atoms with E-state index in [4.69, 9.17) is 15.2 Å². The van der Waals surface area contributed by atoms with Crippen molar-refractivity contribution >= 4 is 5.91 Å². The summed E-state index contributed by atoms with van der Waals surface area (Å²) >= 11 is 0. The van der Waals surface area contributed by atoms with Gasteiger partial charge < -0.3 is 20.3 Å². The van der Waals surface area contributed by atoms with Gasteiger partial charge in [0, 0.05) is 6.07 Å². The van der Waals surface area contributed by atoms with E-state index in [1.54, 1.807) is 0 Å². The van der Waals surface area contributed by atoms with E-state index in [9.17, 15) is 14.3 Å². The van der Waals surface area contributed by atoms with Crippen molar-refractivity contribution in [1.82, 2.24) is 0 Å². The molecule has 0 atom stereocenters. The summed E-state index contributed by atoms with van der Waals surface area (Å²) in [6, 6.07) is 0.935. The fourth-order valence-electron chi connectivity index (χ4n) is 1.23. The Morgan fingerprint density at radius 2 is 2.29 bits per heavy atom. The molecule has 1 aromatic rings. The molecule has 2 rings (SSSR count). The number of hydrogen-bond donors (Lipinski definition) is 2. The number of phenols is 1. The van der Waals surface area contributed by atoms with E-state index in [2.05, 4.69) is 0 Å². The van der Waals surface area contributed by atoms with Gasteiger partial charge in [-0.3, -0.25) is 4.79 Å². The van der Waals surface area contributed by atoms with Crippen LogP contribution in [0.25, 0.3) is 0 Å². The van der Waals surface area contributed by atoms with Crippen LogP contribution in [0.1, 0.15) is 10.4 Å². The molecule has 0 bridgehead atoms. The summed E-state index contributed by atoms with van der Waals surface area (Å²) in [6.07, 6.45) is 0. The third kappa shape index (κ3) is 1.04. The molecule has 0 unspecified atom stereocenters. The fourth-order valence-corrected chi connectivity index (χ4v) is 1.23. The number of hydrogen-bond acceptors (Lipinski definition) is 4. The Labute approximate surface area is 77.8 Å². The van der Waals surface area contributed by atoms with Crippen LogP contribution in [0.4, 0.5) is 4.39 Å². The smallest absolute Gasteiger partial charge is 0.256 e. The second-order valence-corrected chi connectivity index (χ2v) is 2.68. The quantitative estimate of drug-likeness (QED) is 0.684. The van der Waals surface area contributed by atoms with Gasteiger partial charge in [-0.2, -0.15) is 0 Å². The first-order valence-electron chi connectivity index (χ1n) is 3.72. The molecule has 1 aliphatic rings. The number of carbonyl (C=O) groups is 1. The number of amides is 1. The summed E-state index contributed by atoms with van der Waals surface area (Å²) in [6.45, 7) is -0.126. The van der Waals surface area contributed by atoms with Crippen LogP contribution in [0.5, 0.6) is 17.2 Å². The number of nitrogens with two attached hydrogens (primary N) is 1. The number of benzene rings is 1. The minimum Gasteiger partial charge on any atom is -0.504 e. The average Bonchev–Trinajstić information content (AvgIpc) is 2.52. The fraction of sp³-hybridized carbons (Fsp3) is 0.125. The van der Waals surface area contributed by atoms with E-state index in [1.165, 1.54) is 0 Å². The Morgan fingerprint density at radius 3 is 2.93 bits per heavy atom. The van der Waals surface area contributed by atoms with Crippen LogP contribution in [0.15, 0.2) is 6.07 Å². The standard InChI is InChI=1S/C8H6FNO4/c9-3-1-4-7(14-2-13-4)5(6(3)11)8(10)12/h1,11H,2H2,(H2,10,12). The van der Waals surface area contributed by atoms with Crippen LogP contribution < -0.4 is 15.2 Å². The number of rotatable bonds is 1. The molecule has 1 aliphatic heterocycles. The molecule has 6 heteroatoms. The van der Waals surface area contributed by atoms with E-state index in [1.807, 2.05) is 0 Å². The minimum atomic E-state index is -0.969. The van der Waals surface area contributed by atoms with Gasteiger partial charge in [-0.25, -0.2) is 4.39 Å². The zero-order chi connectivity index (χ0) is 10.3. The molecular weight excluding hydrogens is 193 g/mol. The molecule has 1 amide bonds. The SMILES string of the molecule is NC(=O)c1c(O)c(F)cc2c1OCO2. The van der Waals surface area contributed by atoms with Crippen LogP contribution in [-0.2, 0) is 0 Å². The molecule has 3 N–H and O–H groups in total. The molecule has 0 aliphatic carbocycles. The first-order valence-corrected chi connectivity index (χ1v) is 3.72. The average molecular weight is 199 g/mol. The van der Waals surface area contributed by atoms with E-state index in [-0.39, 0.29) is 18.3 Å². The van der Waals surface area contributed by atoms with E-state index in [0.29, 0.717) is 0 Å². The van der Waals surface area contributed by atoms with Crippen molar-refractivity contribution in [3.8, 4) is 17.2 Å². The Hall–Kier alpha value is -1.98. The Morgan fingerprint density at radius 1 is 1.57 bits per heavy atom. The summed E-state index contributed by atoms with van der Waals surface area (Å²) in [4.78, 5) is 10.9. The molecule has 1 heterocycles. The van der Waals surface area contributed by atoms with Crippen molar-refractivity contribution in [3.63, 3.8) is 0 Å². The normalized spacial score (nSPS) is 12.9. The van der Waals surface area contributed by atoms with Gasteiger partial charge in [0.2, 0.25) is 6.79 Å². The molecule has 0 spiro atoms. The van der Waals surface area contributed by atoms with Crippen LogP contribution >= 0.6 is 0 Å². The lowest BCUT2D eigenvalue weighted by molar-refractivity contribution is 0.0992. The third-order valence-corrected chi connectivity index (χ3v) is 1.84. The predicted molar refractivity (Wildman–Crippen MR) is 42.7 cm³/mol. The Kier molecular flexibility index (Phi) is 1.70. The van der Waals surface area contributed by atoms with Crippen LogP contribution in [0, 0.1) is 5.82 Å². The lowest BCUT2D eigenvalue weighted by Crippen LogP contribution is -2.12. The molecule has 74 valence electrons. The topological polar surface area (TPSA) is 81.8 Å². The van der Waals surface area contributed by atoms with Gasteiger partial charge in [-0.05, 0) is 0 Å². The molecule has 0 radical (unpaired) electrons. The largest absolute Gasteiger partial charge is 0.504 e. The van der Waals surface area contributed by atoms with Crippen molar-refractivity contribution in [3.05, 3.63) is 17.4 Å². The predicted octanol–water partition coefficient (Wildman–Crippen LogP) is 0.359. The van der Waals surface area contributed by atoms with Crippen molar-refractivity contribution in [2.24, 2.45) is 5.73 Å². The summed E-state index contributed by atoms with van der Waals surface area (Å²) in [5.74, 6) is -2.71. The zero-order valence-corrected chi connectivity index (χ0v) is 6.91. The molecule has 1 aromatic carbocycles. The number of ether oxygens (including phenoxy) is 2. The number of primary amides is 1. The van der Waals surface area contributed by atoms with E-state index >= 15 is 0 Å². The number of carbonyl (C=O) groups excluding carboxylic acids is 1. The summed E-state index contributed by atoms with van der Waals surface area (Å²) in [7, 11) is 0. The van der Waals surface area contributed by atoms with E-state index in [0.717, 1.165) is 6.07 Å². The van der Waals surface area contributed by atoms with Crippen molar-refractivity contribution in [2.75, 3.05) is 6.79 Å². The van der Waals surface area contributed by atoms with Gasteiger partial charge in [-0.15, -0.1) is 0 Å². The van der Waals surface area contributed by atoms with Crippen molar-refractivity contribution in [1.29, 1.82) is 0 Å². The maximum absolute atomic E-state index is 13.0. The number of halogens is 1. The molecule has 0 fully saturated rings. The molecule has 5 nitrogen and oxygen atoms in total. The summed E-state index contributed by atoms with van der Waals surface area (Å²) in [5.41, 5.74) is 4.56. The van der Waals surface area contributed by atoms with Crippen molar-refractivity contribution < 1.29 is 23.8 Å².